The molecule has 2 aliphatic rings. The van der Waals surface area contributed by atoms with Crippen molar-refractivity contribution in [1.82, 2.24) is 20.3 Å². The van der Waals surface area contributed by atoms with E-state index in [0.29, 0.717) is 12.0 Å². The Morgan fingerprint density at radius 1 is 0.966 bits per heavy atom. The topological polar surface area (TPSA) is 246 Å². The number of aliphatic hydroxyl groups is 5. The second-order valence-corrected chi connectivity index (χ2v) is 18.0. The molecule has 1 aromatic heterocycles. The molecule has 59 heavy (non-hydrogen) atoms. The largest absolute Gasteiger partial charge is 0.490 e. The number of esters is 1. The first-order valence-corrected chi connectivity index (χ1v) is 21.5. The van der Waals surface area contributed by atoms with Crippen molar-refractivity contribution >= 4 is 33.6 Å². The monoisotopic (exact) mass is 862 g/mol. The fourth-order valence-electron chi connectivity index (χ4n) is 6.26. The zero-order valence-corrected chi connectivity index (χ0v) is 34.9. The summed E-state index contributed by atoms with van der Waals surface area (Å²) in [4.78, 5) is 29.6. The van der Waals surface area contributed by atoms with Crippen LogP contribution in [0.3, 0.4) is 0 Å². The molecule has 2 fully saturated rings. The average molecular weight is 863 g/mol. The van der Waals surface area contributed by atoms with Crippen LogP contribution in [0.4, 0.5) is 4.79 Å². The second kappa shape index (κ2) is 20.1. The Morgan fingerprint density at radius 2 is 1.68 bits per heavy atom. The summed E-state index contributed by atoms with van der Waals surface area (Å²) < 4.78 is 48.0. The van der Waals surface area contributed by atoms with Gasteiger partial charge in [0.15, 0.2) is 0 Å². The number of hydrogen-bond donors (Lipinski definition) is 8. The Kier molecular flexibility index (Phi) is 15.7. The summed E-state index contributed by atoms with van der Waals surface area (Å²) in [5.41, 5.74) is 1.93. The number of unbranched alkanes of at least 4 members (excludes halogenated alkanes) is 1. The van der Waals surface area contributed by atoms with Crippen LogP contribution in [0, 0.1) is 0 Å². The van der Waals surface area contributed by atoms with E-state index in [0.717, 1.165) is 48.1 Å². The third-order valence-electron chi connectivity index (χ3n) is 9.84. The van der Waals surface area contributed by atoms with Crippen LogP contribution in [-0.4, -0.2) is 113 Å². The number of hydrogen-bond acceptors (Lipinski definition) is 13. The number of para-hydroxylation sites is 1. The predicted octanol–water partition coefficient (Wildman–Crippen LogP) is 3.04. The lowest BCUT2D eigenvalue weighted by Gasteiger charge is -2.25. The summed E-state index contributed by atoms with van der Waals surface area (Å²) in [7, 11) is -4.28. The molecule has 0 saturated heterocycles. The Balaban J connectivity index is 1.17. The van der Waals surface area contributed by atoms with Gasteiger partial charge < -0.3 is 50.4 Å². The molecule has 8 N–H and O–H groups in total. The fraction of sp³-hybridized carbons (Fsp3) is 0.537. The summed E-state index contributed by atoms with van der Waals surface area (Å²) in [5, 5.41) is 53.0. The lowest BCUT2D eigenvalue weighted by molar-refractivity contribution is -0.157. The number of nitrogens with one attached hydrogen (secondary N) is 3. The third-order valence-corrected chi connectivity index (χ3v) is 11.7. The number of pyridine rings is 1. The van der Waals surface area contributed by atoms with Crippen molar-refractivity contribution in [2.75, 3.05) is 19.7 Å². The van der Waals surface area contributed by atoms with E-state index < -0.39 is 76.8 Å². The Hall–Kier alpha value is -3.91. The molecule has 324 valence electrons. The minimum Gasteiger partial charge on any atom is -0.490 e. The van der Waals surface area contributed by atoms with Crippen LogP contribution in [0.2, 0.25) is 5.02 Å². The maximum absolute atomic E-state index is 13.6. The lowest BCUT2D eigenvalue weighted by Crippen LogP contribution is -2.50. The van der Waals surface area contributed by atoms with Crippen molar-refractivity contribution in [1.29, 1.82) is 0 Å². The molecule has 5 unspecified atom stereocenters. The van der Waals surface area contributed by atoms with Gasteiger partial charge in [-0.1, -0.05) is 35.9 Å². The fourth-order valence-corrected chi connectivity index (χ4v) is 7.80. The van der Waals surface area contributed by atoms with E-state index in [9.17, 15) is 38.4 Å². The number of ether oxygens (including phenoxy) is 3. The van der Waals surface area contributed by atoms with Gasteiger partial charge in [0.1, 0.15) is 35.7 Å². The number of carbonyl (C=O) groups excluding carboxylic acids is 2. The molecule has 0 bridgehead atoms. The number of aromatic nitrogens is 1. The van der Waals surface area contributed by atoms with E-state index in [1.807, 2.05) is 36.5 Å². The standard InChI is InChI=1S/C41H55ClN4O12S/c1-40(2,3)58-38(52)32(9-6-7-18-44-39(53)45-22-33(48)36(50)37(51)34(49)23-47)46-59(54,55)27-14-11-25(31(42)20-27)24-56-41(16-17-41)30-21-43-19-15-28(30)29-8-4-5-10-35(29)57-26-12-13-26/h4-5,8,10-11,14-15,19-21,26,32-34,36-37,46-51H,6-7,9,12-13,16-18,22-24H2,1-3H3,(H2,44,45,53). The summed E-state index contributed by atoms with van der Waals surface area (Å²) in [5.74, 6) is 0.0302. The van der Waals surface area contributed by atoms with Gasteiger partial charge in [0, 0.05) is 41.6 Å². The number of sulfonamides is 1. The van der Waals surface area contributed by atoms with Crippen LogP contribution in [0.1, 0.15) is 76.8 Å². The minimum atomic E-state index is -4.28. The van der Waals surface area contributed by atoms with Crippen LogP contribution in [0.5, 0.6) is 5.75 Å². The Morgan fingerprint density at radius 3 is 2.34 bits per heavy atom. The van der Waals surface area contributed by atoms with Gasteiger partial charge in [-0.05, 0) is 101 Å². The number of halogens is 1. The van der Waals surface area contributed by atoms with E-state index in [1.54, 1.807) is 33.0 Å². The van der Waals surface area contributed by atoms with E-state index in [4.69, 9.17) is 30.9 Å². The summed E-state index contributed by atoms with van der Waals surface area (Å²) >= 11 is 6.66. The quantitative estimate of drug-likeness (QED) is 0.0536. The van der Waals surface area contributed by atoms with Gasteiger partial charge in [-0.15, -0.1) is 0 Å². The predicted molar refractivity (Wildman–Crippen MR) is 217 cm³/mol. The van der Waals surface area contributed by atoms with Crippen molar-refractivity contribution in [2.45, 2.75) is 125 Å². The van der Waals surface area contributed by atoms with E-state index in [-0.39, 0.29) is 42.0 Å². The first-order chi connectivity index (χ1) is 27.9. The maximum atomic E-state index is 13.6. The summed E-state index contributed by atoms with van der Waals surface area (Å²) in [6, 6.07) is 12.2. The highest BCUT2D eigenvalue weighted by Crippen LogP contribution is 2.53. The highest BCUT2D eigenvalue weighted by molar-refractivity contribution is 7.89. The van der Waals surface area contributed by atoms with Crippen LogP contribution in [0.15, 0.2) is 65.8 Å². The van der Waals surface area contributed by atoms with Gasteiger partial charge in [-0.3, -0.25) is 9.78 Å². The zero-order valence-electron chi connectivity index (χ0n) is 33.3. The SMILES string of the molecule is CC(C)(C)OC(=O)C(CCCCNC(=O)NCC(O)C(O)C(O)C(O)CO)NS(=O)(=O)c1ccc(COC2(c3cnccc3-c3ccccc3OC3CC3)CC2)c(Cl)c1. The highest BCUT2D eigenvalue weighted by atomic mass is 35.5. The summed E-state index contributed by atoms with van der Waals surface area (Å²) in [6.45, 7) is 3.89. The zero-order chi connectivity index (χ0) is 43.0. The van der Waals surface area contributed by atoms with Crippen molar-refractivity contribution in [3.8, 4) is 16.9 Å². The molecule has 3 aromatic rings. The number of amides is 2. The molecule has 16 nitrogen and oxygen atoms in total. The molecule has 0 spiro atoms. The molecule has 2 amide bonds. The number of urea groups is 1. The molecule has 0 radical (unpaired) electrons. The molecule has 1 heterocycles. The third kappa shape index (κ3) is 13.0. The maximum Gasteiger partial charge on any atom is 0.324 e. The normalized spacial score (nSPS) is 17.6. The van der Waals surface area contributed by atoms with E-state index in [1.165, 1.54) is 12.1 Å². The number of aliphatic hydroxyl groups excluding tert-OH is 5. The van der Waals surface area contributed by atoms with Gasteiger partial charge in [0.2, 0.25) is 10.0 Å². The van der Waals surface area contributed by atoms with Gasteiger partial charge in [-0.2, -0.15) is 4.72 Å². The van der Waals surface area contributed by atoms with Crippen LogP contribution in [0.25, 0.3) is 11.1 Å². The number of carbonyl (C=O) groups is 2. The molecule has 2 aromatic carbocycles. The van der Waals surface area contributed by atoms with Gasteiger partial charge >= 0.3 is 12.0 Å². The lowest BCUT2D eigenvalue weighted by atomic mass is 9.96. The van der Waals surface area contributed by atoms with Crippen molar-refractivity contribution in [2.24, 2.45) is 0 Å². The smallest absolute Gasteiger partial charge is 0.324 e. The van der Waals surface area contributed by atoms with E-state index >= 15 is 0 Å². The highest BCUT2D eigenvalue weighted by Gasteiger charge is 2.48. The van der Waals surface area contributed by atoms with Crippen molar-refractivity contribution in [3.05, 3.63) is 77.1 Å². The van der Waals surface area contributed by atoms with Crippen LogP contribution < -0.4 is 20.1 Å². The van der Waals surface area contributed by atoms with Gasteiger partial charge in [0.05, 0.1) is 35.9 Å². The van der Waals surface area contributed by atoms with Crippen molar-refractivity contribution in [3.63, 3.8) is 0 Å². The second-order valence-electron chi connectivity index (χ2n) is 15.9. The molecular weight excluding hydrogens is 808 g/mol. The first kappa shape index (κ1) is 46.2. The Bertz CT molecular complexity index is 2010. The minimum absolute atomic E-state index is 0.0304. The number of benzene rings is 2. The molecule has 5 atom stereocenters. The summed E-state index contributed by atoms with van der Waals surface area (Å²) in [6.07, 6.45) is 1.05. The van der Waals surface area contributed by atoms with Gasteiger partial charge in [-0.25, -0.2) is 13.2 Å². The van der Waals surface area contributed by atoms with Crippen molar-refractivity contribution < 1.29 is 57.8 Å². The first-order valence-electron chi connectivity index (χ1n) is 19.7. The molecule has 2 saturated carbocycles. The molecule has 0 aliphatic heterocycles. The molecule has 5 rings (SSSR count). The molecule has 18 heteroatoms. The van der Waals surface area contributed by atoms with E-state index in [2.05, 4.69) is 20.3 Å². The average Bonchev–Trinajstić information content (AvgIpc) is 4.15. The molecule has 2 aliphatic carbocycles. The van der Waals surface area contributed by atoms with Crippen LogP contribution >= 0.6 is 11.6 Å². The number of rotatable bonds is 22. The molecular formula is C41H55ClN4O12S. The number of nitrogens with zero attached hydrogens (tertiary/aromatic N) is 1. The Labute approximate surface area is 349 Å². The van der Waals surface area contributed by atoms with Crippen LogP contribution in [-0.2, 0) is 36.5 Å². The van der Waals surface area contributed by atoms with Gasteiger partial charge in [0.25, 0.3) is 0 Å².